The van der Waals surface area contributed by atoms with Crippen molar-refractivity contribution in [2.75, 3.05) is 47.5 Å². The highest BCUT2D eigenvalue weighted by molar-refractivity contribution is 7.92. The Morgan fingerprint density at radius 2 is 2.00 bits per heavy atom. The standard InChI is InChI=1S/C27H30N8O2S/c1-19-17-34(14-12-29-19)24-9-7-23(8-10-24)31-27-30-16-21-11-13-35(26(21)32-27)18-22-6-4-5-20(15-28)25(22)33(2)38(3,36)37/h4-11,13,16,19,29H,12,14,17-18H2,1-3H3,(H,30,31,32)/t19-/m0/s1. The van der Waals surface area contributed by atoms with Crippen molar-refractivity contribution in [2.45, 2.75) is 19.5 Å². The first kappa shape index (κ1) is 25.5. The van der Waals surface area contributed by atoms with E-state index in [1.165, 1.54) is 12.7 Å². The fourth-order valence-corrected chi connectivity index (χ4v) is 5.29. The van der Waals surface area contributed by atoms with Crippen LogP contribution in [0.5, 0.6) is 0 Å². The molecule has 0 amide bonds. The Morgan fingerprint density at radius 1 is 1.21 bits per heavy atom. The summed E-state index contributed by atoms with van der Waals surface area (Å²) in [5, 5.41) is 17.2. The van der Waals surface area contributed by atoms with Gasteiger partial charge in [-0.1, -0.05) is 12.1 Å². The zero-order valence-corrected chi connectivity index (χ0v) is 22.4. The van der Waals surface area contributed by atoms with Crippen molar-refractivity contribution in [1.29, 1.82) is 5.26 Å². The summed E-state index contributed by atoms with van der Waals surface area (Å²) in [6.45, 7) is 5.45. The molecule has 0 bridgehead atoms. The Morgan fingerprint density at radius 3 is 2.71 bits per heavy atom. The van der Waals surface area contributed by atoms with Crippen molar-refractivity contribution in [3.8, 4) is 6.07 Å². The smallest absolute Gasteiger partial charge is 0.232 e. The van der Waals surface area contributed by atoms with Gasteiger partial charge < -0.3 is 20.1 Å². The zero-order valence-electron chi connectivity index (χ0n) is 21.6. The van der Waals surface area contributed by atoms with Crippen molar-refractivity contribution >= 4 is 44.1 Å². The Bertz CT molecular complexity index is 1610. The SMILES string of the molecule is C[C@H]1CN(c2ccc(Nc3ncc4ccn(Cc5cccc(C#N)c5N(C)S(C)(=O)=O)c4n3)cc2)CCN1. The maximum atomic E-state index is 12.3. The van der Waals surface area contributed by atoms with Crippen LogP contribution in [-0.2, 0) is 16.6 Å². The minimum absolute atomic E-state index is 0.294. The molecule has 0 unspecified atom stereocenters. The van der Waals surface area contributed by atoms with Gasteiger partial charge >= 0.3 is 0 Å². The molecule has 0 saturated carbocycles. The number of nitriles is 1. The van der Waals surface area contributed by atoms with Gasteiger partial charge in [-0.3, -0.25) is 4.31 Å². The molecule has 2 N–H and O–H groups in total. The number of benzene rings is 2. The third kappa shape index (κ3) is 5.27. The van der Waals surface area contributed by atoms with E-state index in [9.17, 15) is 13.7 Å². The van der Waals surface area contributed by atoms with Crippen molar-refractivity contribution < 1.29 is 8.42 Å². The van der Waals surface area contributed by atoms with Crippen molar-refractivity contribution in [1.82, 2.24) is 19.9 Å². The van der Waals surface area contributed by atoms with Gasteiger partial charge in [-0.15, -0.1) is 0 Å². The largest absolute Gasteiger partial charge is 0.369 e. The second kappa shape index (κ2) is 10.3. The van der Waals surface area contributed by atoms with Crippen LogP contribution in [0.2, 0.25) is 0 Å². The summed E-state index contributed by atoms with van der Waals surface area (Å²) >= 11 is 0. The third-order valence-electron chi connectivity index (χ3n) is 6.75. The van der Waals surface area contributed by atoms with E-state index >= 15 is 0 Å². The second-order valence-electron chi connectivity index (χ2n) is 9.54. The minimum Gasteiger partial charge on any atom is -0.369 e. The lowest BCUT2D eigenvalue weighted by molar-refractivity contribution is 0.485. The van der Waals surface area contributed by atoms with E-state index in [-0.39, 0.29) is 0 Å². The van der Waals surface area contributed by atoms with Crippen LogP contribution in [0, 0.1) is 11.3 Å². The fourth-order valence-electron chi connectivity index (χ4n) is 4.74. The van der Waals surface area contributed by atoms with Gasteiger partial charge in [-0.25, -0.2) is 13.4 Å². The molecule has 196 valence electrons. The molecule has 2 aromatic carbocycles. The van der Waals surface area contributed by atoms with E-state index in [0.29, 0.717) is 41.0 Å². The molecule has 1 aliphatic heterocycles. The monoisotopic (exact) mass is 530 g/mol. The van der Waals surface area contributed by atoms with Crippen LogP contribution in [0.4, 0.5) is 23.0 Å². The summed E-state index contributed by atoms with van der Waals surface area (Å²) in [5.74, 6) is 0.459. The Labute approximate surface area is 222 Å². The number of piperazine rings is 1. The van der Waals surface area contributed by atoms with Crippen LogP contribution in [0.3, 0.4) is 0 Å². The molecule has 1 aliphatic rings. The summed E-state index contributed by atoms with van der Waals surface area (Å²) in [7, 11) is -2.10. The Kier molecular flexibility index (Phi) is 6.93. The van der Waals surface area contributed by atoms with E-state index in [4.69, 9.17) is 4.98 Å². The number of rotatable bonds is 7. The molecule has 1 saturated heterocycles. The highest BCUT2D eigenvalue weighted by atomic mass is 32.2. The molecule has 4 aromatic rings. The first-order valence-electron chi connectivity index (χ1n) is 12.4. The van der Waals surface area contributed by atoms with Gasteiger partial charge in [0.1, 0.15) is 11.7 Å². The van der Waals surface area contributed by atoms with Gasteiger partial charge in [-0.2, -0.15) is 10.2 Å². The number of sulfonamides is 1. The van der Waals surface area contributed by atoms with Crippen LogP contribution in [0.15, 0.2) is 60.9 Å². The second-order valence-corrected chi connectivity index (χ2v) is 11.6. The molecule has 1 fully saturated rings. The maximum Gasteiger partial charge on any atom is 0.232 e. The normalized spacial score (nSPS) is 15.8. The average molecular weight is 531 g/mol. The highest BCUT2D eigenvalue weighted by Gasteiger charge is 2.21. The van der Waals surface area contributed by atoms with E-state index in [1.807, 2.05) is 35.0 Å². The van der Waals surface area contributed by atoms with Crippen LogP contribution in [-0.4, -0.2) is 61.9 Å². The quantitative estimate of drug-likeness (QED) is 0.374. The van der Waals surface area contributed by atoms with Crippen LogP contribution >= 0.6 is 0 Å². The fraction of sp³-hybridized carbons (Fsp3) is 0.296. The number of para-hydroxylation sites is 1. The number of hydrogen-bond donors (Lipinski definition) is 2. The minimum atomic E-state index is -3.56. The van der Waals surface area contributed by atoms with Crippen molar-refractivity contribution in [3.05, 3.63) is 72.1 Å². The molecule has 0 spiro atoms. The number of aromatic nitrogens is 3. The van der Waals surface area contributed by atoms with Crippen molar-refractivity contribution in [2.24, 2.45) is 0 Å². The molecule has 1 atom stereocenters. The number of anilines is 4. The molecule has 2 aromatic heterocycles. The number of nitrogens with one attached hydrogen (secondary N) is 2. The van der Waals surface area contributed by atoms with Gasteiger partial charge in [0.25, 0.3) is 0 Å². The molecular formula is C27H30N8O2S. The van der Waals surface area contributed by atoms with Crippen LogP contribution < -0.4 is 19.8 Å². The van der Waals surface area contributed by atoms with E-state index < -0.39 is 10.0 Å². The lowest BCUT2D eigenvalue weighted by Crippen LogP contribution is -2.49. The Hall–Kier alpha value is -4.14. The van der Waals surface area contributed by atoms with Crippen LogP contribution in [0.1, 0.15) is 18.1 Å². The lowest BCUT2D eigenvalue weighted by Gasteiger charge is -2.33. The molecule has 5 rings (SSSR count). The third-order valence-corrected chi connectivity index (χ3v) is 7.93. The molecule has 11 heteroatoms. The van der Waals surface area contributed by atoms with Crippen LogP contribution in [0.25, 0.3) is 11.0 Å². The van der Waals surface area contributed by atoms with Gasteiger partial charge in [0.2, 0.25) is 16.0 Å². The summed E-state index contributed by atoms with van der Waals surface area (Å²) in [6.07, 6.45) is 4.76. The molecule has 3 heterocycles. The topological polar surface area (TPSA) is 119 Å². The molecule has 10 nitrogen and oxygen atoms in total. The highest BCUT2D eigenvalue weighted by Crippen LogP contribution is 2.28. The Balaban J connectivity index is 1.40. The average Bonchev–Trinajstić information content (AvgIpc) is 3.30. The van der Waals surface area contributed by atoms with E-state index in [2.05, 4.69) is 45.6 Å². The summed E-state index contributed by atoms with van der Waals surface area (Å²) in [4.78, 5) is 11.6. The number of hydrogen-bond acceptors (Lipinski definition) is 8. The predicted octanol–water partition coefficient (Wildman–Crippen LogP) is 3.29. The lowest BCUT2D eigenvalue weighted by atomic mass is 10.1. The summed E-state index contributed by atoms with van der Waals surface area (Å²) in [5.41, 5.74) is 4.12. The van der Waals surface area contributed by atoms with Gasteiger partial charge in [0.15, 0.2) is 0 Å². The first-order valence-corrected chi connectivity index (χ1v) is 14.2. The van der Waals surface area contributed by atoms with E-state index in [1.54, 1.807) is 18.3 Å². The maximum absolute atomic E-state index is 12.3. The predicted molar refractivity (Wildman–Crippen MR) is 150 cm³/mol. The van der Waals surface area contributed by atoms with E-state index in [0.717, 1.165) is 41.3 Å². The molecule has 0 aliphatic carbocycles. The summed E-state index contributed by atoms with van der Waals surface area (Å²) in [6, 6.07) is 17.9. The molecular weight excluding hydrogens is 500 g/mol. The number of fused-ring (bicyclic) bond motifs is 1. The summed E-state index contributed by atoms with van der Waals surface area (Å²) < 4.78 is 27.6. The van der Waals surface area contributed by atoms with Gasteiger partial charge in [-0.05, 0) is 48.9 Å². The molecule has 38 heavy (non-hydrogen) atoms. The zero-order chi connectivity index (χ0) is 26.9. The van der Waals surface area contributed by atoms with Crippen molar-refractivity contribution in [3.63, 3.8) is 0 Å². The first-order chi connectivity index (χ1) is 18.2. The van der Waals surface area contributed by atoms with Gasteiger partial charge in [0.05, 0.1) is 24.1 Å². The molecule has 0 radical (unpaired) electrons. The number of nitrogens with zero attached hydrogens (tertiary/aromatic N) is 6. The van der Waals surface area contributed by atoms with Gasteiger partial charge in [0, 0.05) is 61.9 Å².